The lowest BCUT2D eigenvalue weighted by Crippen LogP contribution is -2.36. The Kier molecular flexibility index (Phi) is 4.77. The van der Waals surface area contributed by atoms with Gasteiger partial charge in [0.05, 0.1) is 13.2 Å². The number of Topliss-reactive ketones (excluding diaryl/α,β-unsaturated/α-hetero) is 1. The number of pyridine rings is 1. The molecule has 0 unspecified atom stereocenters. The quantitative estimate of drug-likeness (QED) is 0.866. The number of rotatable bonds is 3. The molecule has 0 saturated carbocycles. The van der Waals surface area contributed by atoms with E-state index < -0.39 is 11.5 Å². The molecule has 1 aliphatic carbocycles. The average molecular weight is 367 g/mol. The van der Waals surface area contributed by atoms with Gasteiger partial charge < -0.3 is 19.9 Å². The van der Waals surface area contributed by atoms with E-state index in [0.717, 1.165) is 25.2 Å². The number of hydrogen-bond acceptors (Lipinski definition) is 5. The van der Waals surface area contributed by atoms with Crippen LogP contribution in [-0.2, 0) is 11.2 Å². The first-order valence-electron chi connectivity index (χ1n) is 9.15. The molecule has 2 aromatic rings. The molecule has 1 saturated heterocycles. The number of nitrogens with zero attached hydrogens (tertiary/aromatic N) is 1. The summed E-state index contributed by atoms with van der Waals surface area (Å²) in [4.78, 5) is 41.9. The predicted octanol–water partition coefficient (Wildman–Crippen LogP) is 1.98. The van der Waals surface area contributed by atoms with Crippen LogP contribution in [0, 0.1) is 0 Å². The minimum Gasteiger partial charge on any atom is -0.378 e. The highest BCUT2D eigenvalue weighted by atomic mass is 16.5. The van der Waals surface area contributed by atoms with Gasteiger partial charge in [-0.3, -0.25) is 14.4 Å². The monoisotopic (exact) mass is 367 g/mol. The van der Waals surface area contributed by atoms with Crippen molar-refractivity contribution in [1.82, 2.24) is 4.98 Å². The fourth-order valence-electron chi connectivity index (χ4n) is 3.54. The third kappa shape index (κ3) is 3.64. The van der Waals surface area contributed by atoms with Crippen molar-refractivity contribution >= 4 is 23.1 Å². The number of nitrogens with one attached hydrogen (secondary N) is 2. The van der Waals surface area contributed by atoms with Gasteiger partial charge in [-0.2, -0.15) is 0 Å². The van der Waals surface area contributed by atoms with Crippen LogP contribution in [0.25, 0.3) is 0 Å². The molecule has 1 amide bonds. The number of aryl methyl sites for hydroxylation is 1. The molecule has 2 N–H and O–H groups in total. The van der Waals surface area contributed by atoms with Crippen LogP contribution >= 0.6 is 0 Å². The first kappa shape index (κ1) is 17.5. The van der Waals surface area contributed by atoms with E-state index in [1.165, 1.54) is 6.07 Å². The Morgan fingerprint density at radius 1 is 1.11 bits per heavy atom. The third-order valence-corrected chi connectivity index (χ3v) is 4.98. The van der Waals surface area contributed by atoms with Crippen molar-refractivity contribution in [3.8, 4) is 0 Å². The van der Waals surface area contributed by atoms with Crippen LogP contribution in [0.15, 0.2) is 35.1 Å². The van der Waals surface area contributed by atoms with Crippen LogP contribution in [0.2, 0.25) is 0 Å². The summed E-state index contributed by atoms with van der Waals surface area (Å²) in [6.45, 7) is 2.94. The van der Waals surface area contributed by atoms with Crippen molar-refractivity contribution in [3.63, 3.8) is 0 Å². The topological polar surface area (TPSA) is 91.5 Å². The maximum Gasteiger partial charge on any atom is 0.261 e. The number of fused-ring (bicyclic) bond motifs is 1. The molecule has 0 bridgehead atoms. The number of ketones is 1. The van der Waals surface area contributed by atoms with Gasteiger partial charge in [0.2, 0.25) is 0 Å². The summed E-state index contributed by atoms with van der Waals surface area (Å²) >= 11 is 0. The largest absolute Gasteiger partial charge is 0.378 e. The lowest BCUT2D eigenvalue weighted by molar-refractivity contribution is 0.0971. The van der Waals surface area contributed by atoms with E-state index in [1.807, 2.05) is 18.2 Å². The van der Waals surface area contributed by atoms with E-state index in [-0.39, 0.29) is 11.3 Å². The van der Waals surface area contributed by atoms with Crippen LogP contribution in [0.4, 0.5) is 11.4 Å². The summed E-state index contributed by atoms with van der Waals surface area (Å²) in [6, 6.07) is 8.92. The highest BCUT2D eigenvalue weighted by molar-refractivity contribution is 6.06. The van der Waals surface area contributed by atoms with Crippen molar-refractivity contribution in [1.29, 1.82) is 0 Å². The number of benzene rings is 1. The van der Waals surface area contributed by atoms with Gasteiger partial charge in [0.15, 0.2) is 5.78 Å². The Morgan fingerprint density at radius 2 is 1.93 bits per heavy atom. The van der Waals surface area contributed by atoms with Crippen molar-refractivity contribution in [3.05, 3.63) is 57.5 Å². The summed E-state index contributed by atoms with van der Waals surface area (Å²) in [5, 5.41) is 2.77. The van der Waals surface area contributed by atoms with E-state index in [2.05, 4.69) is 15.2 Å². The number of hydrogen-bond donors (Lipinski definition) is 2. The number of amides is 1. The Labute approximate surface area is 156 Å². The zero-order valence-electron chi connectivity index (χ0n) is 14.9. The molecule has 1 fully saturated rings. The first-order chi connectivity index (χ1) is 13.1. The van der Waals surface area contributed by atoms with E-state index in [9.17, 15) is 14.4 Å². The van der Waals surface area contributed by atoms with Crippen LogP contribution in [-0.4, -0.2) is 43.0 Å². The molecule has 2 aliphatic rings. The van der Waals surface area contributed by atoms with Crippen molar-refractivity contribution < 1.29 is 14.3 Å². The molecule has 1 aromatic carbocycles. The number of H-pyrrole nitrogens is 1. The highest BCUT2D eigenvalue weighted by Gasteiger charge is 2.22. The maximum absolute atomic E-state index is 12.6. The van der Waals surface area contributed by atoms with Crippen LogP contribution in [0.3, 0.4) is 0 Å². The Bertz CT molecular complexity index is 944. The minimum atomic E-state index is -0.517. The standard InChI is InChI=1S/C20H21N3O4/c24-18-6-2-5-17-15(18)12-16(20(26)22-17)19(25)21-13-3-1-4-14(11-13)23-7-9-27-10-8-23/h1,3-4,11-12H,2,5-10H2,(H,21,25)(H,22,26). The number of ether oxygens (including phenoxy) is 1. The maximum atomic E-state index is 12.6. The molecular weight excluding hydrogens is 346 g/mol. The van der Waals surface area contributed by atoms with E-state index in [4.69, 9.17) is 4.74 Å². The Hall–Kier alpha value is -2.93. The lowest BCUT2D eigenvalue weighted by Gasteiger charge is -2.29. The van der Waals surface area contributed by atoms with Crippen LogP contribution in [0.1, 0.15) is 39.3 Å². The number of carbonyl (C=O) groups is 2. The average Bonchev–Trinajstić information content (AvgIpc) is 2.68. The number of anilines is 2. The molecule has 1 aromatic heterocycles. The summed E-state index contributed by atoms with van der Waals surface area (Å²) < 4.78 is 5.36. The Morgan fingerprint density at radius 3 is 2.74 bits per heavy atom. The minimum absolute atomic E-state index is 0.0316. The first-order valence-corrected chi connectivity index (χ1v) is 9.15. The molecule has 2 heterocycles. The van der Waals surface area contributed by atoms with Crippen LogP contribution in [0.5, 0.6) is 0 Å². The molecular formula is C20H21N3O4. The molecule has 1 aliphatic heterocycles. The fraction of sp³-hybridized carbons (Fsp3) is 0.350. The number of aromatic nitrogens is 1. The van der Waals surface area contributed by atoms with Crippen molar-refractivity contribution in [2.24, 2.45) is 0 Å². The second-order valence-corrected chi connectivity index (χ2v) is 6.78. The molecule has 0 atom stereocenters. The Balaban J connectivity index is 1.57. The van der Waals surface area contributed by atoms with Gasteiger partial charge in [0.25, 0.3) is 11.5 Å². The molecule has 7 nitrogen and oxygen atoms in total. The molecule has 0 radical (unpaired) electrons. The van der Waals surface area contributed by atoms with Crippen molar-refractivity contribution in [2.75, 3.05) is 36.5 Å². The van der Waals surface area contributed by atoms with E-state index in [0.29, 0.717) is 43.0 Å². The van der Waals surface area contributed by atoms with Gasteiger partial charge in [-0.15, -0.1) is 0 Å². The van der Waals surface area contributed by atoms with E-state index in [1.54, 1.807) is 6.07 Å². The second-order valence-electron chi connectivity index (χ2n) is 6.78. The van der Waals surface area contributed by atoms with Gasteiger partial charge in [-0.25, -0.2) is 0 Å². The van der Waals surface area contributed by atoms with Gasteiger partial charge in [-0.1, -0.05) is 6.07 Å². The van der Waals surface area contributed by atoms with Crippen LogP contribution < -0.4 is 15.8 Å². The number of carbonyl (C=O) groups excluding carboxylic acids is 2. The normalized spacial score (nSPS) is 16.7. The van der Waals surface area contributed by atoms with Crippen molar-refractivity contribution in [2.45, 2.75) is 19.3 Å². The summed E-state index contributed by atoms with van der Waals surface area (Å²) in [5.74, 6) is -0.549. The zero-order chi connectivity index (χ0) is 18.8. The molecule has 140 valence electrons. The third-order valence-electron chi connectivity index (χ3n) is 4.98. The molecule has 0 spiro atoms. The predicted molar refractivity (Wildman–Crippen MR) is 102 cm³/mol. The lowest BCUT2D eigenvalue weighted by atomic mass is 9.93. The number of morpholine rings is 1. The molecule has 27 heavy (non-hydrogen) atoms. The zero-order valence-corrected chi connectivity index (χ0v) is 14.9. The van der Waals surface area contributed by atoms with E-state index >= 15 is 0 Å². The number of aromatic amines is 1. The van der Waals surface area contributed by atoms with Gasteiger partial charge in [0.1, 0.15) is 5.56 Å². The summed E-state index contributed by atoms with van der Waals surface area (Å²) in [5.41, 5.74) is 2.17. The van der Waals surface area contributed by atoms with Gasteiger partial charge >= 0.3 is 0 Å². The van der Waals surface area contributed by atoms with Gasteiger partial charge in [-0.05, 0) is 37.1 Å². The molecule has 7 heteroatoms. The summed E-state index contributed by atoms with van der Waals surface area (Å²) in [6.07, 6.45) is 1.82. The fourth-order valence-corrected chi connectivity index (χ4v) is 3.54. The smallest absolute Gasteiger partial charge is 0.261 e. The second kappa shape index (κ2) is 7.36. The SMILES string of the molecule is O=C1CCCc2[nH]c(=O)c(C(=O)Nc3cccc(N4CCOCC4)c3)cc21. The summed E-state index contributed by atoms with van der Waals surface area (Å²) in [7, 11) is 0. The van der Waals surface area contributed by atoms with Gasteiger partial charge in [0, 0.05) is 42.1 Å². The highest BCUT2D eigenvalue weighted by Crippen LogP contribution is 2.22. The molecule has 4 rings (SSSR count).